The third kappa shape index (κ3) is 1.49. The molecule has 0 aliphatic carbocycles. The quantitative estimate of drug-likeness (QED) is 0.691. The zero-order valence-electron chi connectivity index (χ0n) is 5.79. The number of nitrogens with two attached hydrogens (primary N) is 1. The van der Waals surface area contributed by atoms with Gasteiger partial charge in [-0.1, -0.05) is 11.6 Å². The predicted molar refractivity (Wildman–Crippen MR) is 48.3 cm³/mol. The van der Waals surface area contributed by atoms with E-state index in [0.29, 0.717) is 15.7 Å². The molecule has 1 rings (SSSR count). The minimum absolute atomic E-state index is 0.236. The zero-order chi connectivity index (χ0) is 8.59. The second-order valence-corrected chi connectivity index (χ2v) is 3.39. The highest BCUT2D eigenvalue weighted by atomic mass is 79.9. The number of hydrogen-bond donors (Lipinski definition) is 1. The Morgan fingerprint density at radius 2 is 2.18 bits per heavy atom. The Bertz CT molecular complexity index is 275. The van der Waals surface area contributed by atoms with Crippen molar-refractivity contribution in [3.63, 3.8) is 0 Å². The summed E-state index contributed by atoms with van der Waals surface area (Å²) in [7, 11) is 0. The molecule has 11 heavy (non-hydrogen) atoms. The van der Waals surface area contributed by atoms with Crippen molar-refractivity contribution in [3.8, 4) is 0 Å². The molecule has 0 saturated carbocycles. The van der Waals surface area contributed by atoms with Crippen LogP contribution in [0.2, 0.25) is 5.02 Å². The smallest absolute Gasteiger partial charge is 0.128 e. The molecule has 0 atom stereocenters. The first-order valence-electron chi connectivity index (χ1n) is 2.93. The van der Waals surface area contributed by atoms with Crippen molar-refractivity contribution in [3.05, 3.63) is 26.9 Å². The molecule has 60 valence electrons. The number of nitrogen functional groups attached to an aromatic ring is 1. The van der Waals surface area contributed by atoms with Gasteiger partial charge in [0.05, 0.1) is 10.7 Å². The Morgan fingerprint density at radius 1 is 1.64 bits per heavy atom. The molecule has 1 nitrogen and oxygen atoms in total. The van der Waals surface area contributed by atoms with Gasteiger partial charge in [-0.05, 0) is 28.9 Å². The van der Waals surface area contributed by atoms with Gasteiger partial charge in [-0.2, -0.15) is 0 Å². The van der Waals surface area contributed by atoms with Crippen molar-refractivity contribution >= 4 is 33.2 Å². The molecule has 2 N–H and O–H groups in total. The molecule has 0 aliphatic heterocycles. The van der Waals surface area contributed by atoms with Crippen LogP contribution in [0, 0.1) is 12.7 Å². The zero-order valence-corrected chi connectivity index (χ0v) is 8.13. The molecule has 0 fully saturated rings. The fraction of sp³-hybridized carbons (Fsp3) is 0.143. The van der Waals surface area contributed by atoms with E-state index in [-0.39, 0.29) is 10.8 Å². The average Bonchev–Trinajstić information content (AvgIpc) is 1.97. The van der Waals surface area contributed by atoms with Crippen molar-refractivity contribution in [1.82, 2.24) is 0 Å². The SMILES string of the molecule is Cc1c(F)cc(Cl)c(N)c1Br. The number of hydrogen-bond acceptors (Lipinski definition) is 1. The maximum Gasteiger partial charge on any atom is 0.128 e. The molecule has 0 saturated heterocycles. The Kier molecular flexibility index (Phi) is 2.40. The van der Waals surface area contributed by atoms with Crippen LogP contribution >= 0.6 is 27.5 Å². The summed E-state index contributed by atoms with van der Waals surface area (Å²) in [4.78, 5) is 0. The maximum atomic E-state index is 12.9. The molecule has 0 amide bonds. The Labute approximate surface area is 77.5 Å². The van der Waals surface area contributed by atoms with Crippen molar-refractivity contribution in [2.24, 2.45) is 0 Å². The van der Waals surface area contributed by atoms with Crippen LogP contribution in [0.1, 0.15) is 5.56 Å². The second kappa shape index (κ2) is 2.99. The van der Waals surface area contributed by atoms with E-state index in [1.807, 2.05) is 0 Å². The van der Waals surface area contributed by atoms with E-state index < -0.39 is 0 Å². The maximum absolute atomic E-state index is 12.9. The van der Waals surface area contributed by atoms with Gasteiger partial charge in [-0.3, -0.25) is 0 Å². The number of halogens is 3. The highest BCUT2D eigenvalue weighted by Crippen LogP contribution is 2.32. The molecule has 1 aromatic carbocycles. The van der Waals surface area contributed by atoms with Crippen molar-refractivity contribution in [2.75, 3.05) is 5.73 Å². The topological polar surface area (TPSA) is 26.0 Å². The summed E-state index contributed by atoms with van der Waals surface area (Å²) in [5.74, 6) is -0.351. The molecule has 0 radical (unpaired) electrons. The molecule has 0 spiro atoms. The third-order valence-corrected chi connectivity index (χ3v) is 2.77. The van der Waals surface area contributed by atoms with Gasteiger partial charge >= 0.3 is 0 Å². The van der Waals surface area contributed by atoms with E-state index in [1.165, 1.54) is 6.07 Å². The lowest BCUT2D eigenvalue weighted by molar-refractivity contribution is 0.618. The van der Waals surface area contributed by atoms with Crippen LogP contribution in [0.25, 0.3) is 0 Å². The van der Waals surface area contributed by atoms with E-state index in [9.17, 15) is 4.39 Å². The highest BCUT2D eigenvalue weighted by Gasteiger charge is 2.08. The average molecular weight is 238 g/mol. The first-order chi connectivity index (χ1) is 5.04. The number of benzene rings is 1. The summed E-state index contributed by atoms with van der Waals surface area (Å²) in [6, 6.07) is 1.21. The summed E-state index contributed by atoms with van der Waals surface area (Å²) < 4.78 is 13.4. The van der Waals surface area contributed by atoms with Gasteiger partial charge in [0.2, 0.25) is 0 Å². The Morgan fingerprint density at radius 3 is 2.73 bits per heavy atom. The molecule has 0 aromatic heterocycles. The summed E-state index contributed by atoms with van der Waals surface area (Å²) in [6.07, 6.45) is 0. The molecular weight excluding hydrogens is 232 g/mol. The van der Waals surface area contributed by atoms with Crippen LogP contribution in [-0.4, -0.2) is 0 Å². The molecule has 0 bridgehead atoms. The summed E-state index contributed by atoms with van der Waals surface area (Å²) in [6.45, 7) is 1.63. The number of rotatable bonds is 0. The molecule has 4 heteroatoms. The van der Waals surface area contributed by atoms with Crippen LogP contribution < -0.4 is 5.73 Å². The van der Waals surface area contributed by atoms with Crippen LogP contribution in [0.3, 0.4) is 0 Å². The summed E-state index contributed by atoms with van der Waals surface area (Å²) >= 11 is 8.73. The third-order valence-electron chi connectivity index (χ3n) is 1.43. The second-order valence-electron chi connectivity index (χ2n) is 2.19. The largest absolute Gasteiger partial charge is 0.397 e. The van der Waals surface area contributed by atoms with Crippen LogP contribution in [-0.2, 0) is 0 Å². The first-order valence-corrected chi connectivity index (χ1v) is 4.10. The van der Waals surface area contributed by atoms with E-state index in [0.717, 1.165) is 0 Å². The fourth-order valence-corrected chi connectivity index (χ4v) is 1.42. The van der Waals surface area contributed by atoms with Crippen molar-refractivity contribution < 1.29 is 4.39 Å². The predicted octanol–water partition coefficient (Wildman–Crippen LogP) is 3.13. The first kappa shape index (κ1) is 8.81. The van der Waals surface area contributed by atoms with Gasteiger partial charge < -0.3 is 5.73 Å². The van der Waals surface area contributed by atoms with E-state index in [2.05, 4.69) is 15.9 Å². The Balaban J connectivity index is 3.46. The van der Waals surface area contributed by atoms with Crippen LogP contribution in [0.5, 0.6) is 0 Å². The molecule has 0 unspecified atom stereocenters. The van der Waals surface area contributed by atoms with Crippen LogP contribution in [0.15, 0.2) is 10.5 Å². The summed E-state index contributed by atoms with van der Waals surface area (Å²) in [5.41, 5.74) is 6.36. The minimum atomic E-state index is -0.351. The van der Waals surface area contributed by atoms with Crippen molar-refractivity contribution in [1.29, 1.82) is 0 Å². The lowest BCUT2D eigenvalue weighted by atomic mass is 10.2. The van der Waals surface area contributed by atoms with Crippen molar-refractivity contribution in [2.45, 2.75) is 6.92 Å². The normalized spacial score (nSPS) is 10.2. The molecule has 1 aromatic rings. The molecule has 0 aliphatic rings. The fourth-order valence-electron chi connectivity index (χ4n) is 0.709. The van der Waals surface area contributed by atoms with Gasteiger partial charge in [-0.25, -0.2) is 4.39 Å². The molecular formula is C7H6BrClFN. The van der Waals surface area contributed by atoms with E-state index in [4.69, 9.17) is 17.3 Å². The molecule has 0 heterocycles. The van der Waals surface area contributed by atoms with Gasteiger partial charge in [-0.15, -0.1) is 0 Å². The van der Waals surface area contributed by atoms with E-state index >= 15 is 0 Å². The van der Waals surface area contributed by atoms with Gasteiger partial charge in [0.1, 0.15) is 5.82 Å². The lowest BCUT2D eigenvalue weighted by Gasteiger charge is -2.05. The monoisotopic (exact) mass is 237 g/mol. The highest BCUT2D eigenvalue weighted by molar-refractivity contribution is 9.10. The summed E-state index contributed by atoms with van der Waals surface area (Å²) in [5, 5.41) is 0.236. The number of anilines is 1. The Hall–Kier alpha value is -0.280. The van der Waals surface area contributed by atoms with Crippen LogP contribution in [0.4, 0.5) is 10.1 Å². The van der Waals surface area contributed by atoms with Gasteiger partial charge in [0.25, 0.3) is 0 Å². The minimum Gasteiger partial charge on any atom is -0.397 e. The standard InChI is InChI=1S/C7H6BrClFN/c1-3-5(10)2-4(9)7(11)6(3)8/h2H,11H2,1H3. The van der Waals surface area contributed by atoms with E-state index in [1.54, 1.807) is 6.92 Å². The van der Waals surface area contributed by atoms with Gasteiger partial charge in [0.15, 0.2) is 0 Å². The van der Waals surface area contributed by atoms with Gasteiger partial charge in [0, 0.05) is 10.0 Å². The lowest BCUT2D eigenvalue weighted by Crippen LogP contribution is -1.93.